The van der Waals surface area contributed by atoms with E-state index in [4.69, 9.17) is 10.7 Å². The van der Waals surface area contributed by atoms with E-state index in [0.29, 0.717) is 0 Å². The van der Waals surface area contributed by atoms with Crippen LogP contribution >= 0.6 is 0 Å². The second-order valence-corrected chi connectivity index (χ2v) is 6.40. The van der Waals surface area contributed by atoms with Gasteiger partial charge in [0, 0.05) is 5.54 Å². The van der Waals surface area contributed by atoms with Crippen molar-refractivity contribution in [1.29, 1.82) is 0 Å². The topological polar surface area (TPSA) is 43.8 Å². The minimum absolute atomic E-state index is 0. The Labute approximate surface area is 153 Å². The van der Waals surface area contributed by atoms with Crippen molar-refractivity contribution in [1.82, 2.24) is 9.55 Å². The fourth-order valence-electron chi connectivity index (χ4n) is 2.69. The molecular formula is C18H20N3Na. The molecule has 3 rings (SSSR count). The number of aromatic nitrogens is 2. The van der Waals surface area contributed by atoms with E-state index in [1.54, 1.807) is 0 Å². The van der Waals surface area contributed by atoms with Crippen molar-refractivity contribution in [3.63, 3.8) is 0 Å². The number of para-hydroxylation sites is 2. The standard InChI is InChI=1S/C18H20N3.Na/c1-12-8-7-9-13(16(12)19)17-20-14-10-5-6-11-15(14)21(17)18(2,3)4;/h5-6,8-11H,19H2,1-4H3;/q-1;+1. The van der Waals surface area contributed by atoms with Crippen molar-refractivity contribution in [2.45, 2.75) is 33.2 Å². The normalized spacial score (nSPS) is 11.5. The molecule has 1 aromatic heterocycles. The molecule has 2 N–H and O–H groups in total. The summed E-state index contributed by atoms with van der Waals surface area (Å²) < 4.78 is 2.25. The second kappa shape index (κ2) is 6.07. The zero-order valence-electron chi connectivity index (χ0n) is 13.9. The van der Waals surface area contributed by atoms with Crippen molar-refractivity contribution >= 4 is 16.7 Å². The van der Waals surface area contributed by atoms with Crippen molar-refractivity contribution < 1.29 is 29.6 Å². The molecular weight excluding hydrogens is 281 g/mol. The predicted octanol–water partition coefficient (Wildman–Crippen LogP) is 1.15. The van der Waals surface area contributed by atoms with Gasteiger partial charge in [0.25, 0.3) is 0 Å². The molecule has 0 bridgehead atoms. The summed E-state index contributed by atoms with van der Waals surface area (Å²) in [6, 6.07) is 15.2. The molecule has 2 aromatic carbocycles. The molecule has 0 saturated heterocycles. The van der Waals surface area contributed by atoms with E-state index in [1.807, 2.05) is 37.3 Å². The van der Waals surface area contributed by atoms with E-state index in [0.717, 1.165) is 33.7 Å². The summed E-state index contributed by atoms with van der Waals surface area (Å²) in [7, 11) is 0. The molecule has 3 nitrogen and oxygen atoms in total. The van der Waals surface area contributed by atoms with Crippen LogP contribution in [-0.2, 0) is 5.54 Å². The van der Waals surface area contributed by atoms with Crippen molar-refractivity contribution in [3.8, 4) is 11.4 Å². The number of hydrogen-bond donors (Lipinski definition) is 1. The number of benzene rings is 2. The van der Waals surface area contributed by atoms with Crippen molar-refractivity contribution in [2.75, 3.05) is 5.73 Å². The molecule has 1 heterocycles. The van der Waals surface area contributed by atoms with Crippen LogP contribution in [0.4, 0.5) is 5.69 Å². The van der Waals surface area contributed by atoms with Crippen LogP contribution in [0, 0.1) is 13.0 Å². The third-order valence-corrected chi connectivity index (χ3v) is 3.72. The number of imidazole rings is 1. The first-order valence-electron chi connectivity index (χ1n) is 7.14. The molecule has 108 valence electrons. The summed E-state index contributed by atoms with van der Waals surface area (Å²) in [5.74, 6) is 0.904. The van der Waals surface area contributed by atoms with E-state index in [1.165, 1.54) is 0 Å². The molecule has 0 aliphatic rings. The summed E-state index contributed by atoms with van der Waals surface area (Å²) in [5.41, 5.74) is 11.1. The Hall–Kier alpha value is -1.29. The van der Waals surface area contributed by atoms with Crippen LogP contribution in [0.5, 0.6) is 0 Å². The first kappa shape index (κ1) is 17.1. The quantitative estimate of drug-likeness (QED) is 0.416. The molecule has 4 heteroatoms. The Morgan fingerprint density at radius 3 is 2.50 bits per heavy atom. The molecule has 0 unspecified atom stereocenters. The Morgan fingerprint density at radius 2 is 1.82 bits per heavy atom. The third-order valence-electron chi connectivity index (χ3n) is 3.72. The predicted molar refractivity (Wildman–Crippen MR) is 88.2 cm³/mol. The van der Waals surface area contributed by atoms with Gasteiger partial charge in [-0.3, -0.25) is 0 Å². The summed E-state index contributed by atoms with van der Waals surface area (Å²) in [5, 5.41) is 0. The summed E-state index contributed by atoms with van der Waals surface area (Å²) in [6.45, 7) is 8.54. The minimum Gasteiger partial charge on any atom is -0.419 e. The van der Waals surface area contributed by atoms with Crippen LogP contribution < -0.4 is 35.3 Å². The molecule has 0 fully saturated rings. The zero-order valence-corrected chi connectivity index (χ0v) is 15.9. The molecule has 3 aromatic rings. The number of rotatable bonds is 1. The molecule has 0 aliphatic carbocycles. The van der Waals surface area contributed by atoms with Crippen LogP contribution in [0.1, 0.15) is 26.3 Å². The Bertz CT molecular complexity index is 813. The van der Waals surface area contributed by atoms with Crippen LogP contribution in [0.2, 0.25) is 0 Å². The third kappa shape index (κ3) is 2.81. The molecule has 0 amide bonds. The molecule has 0 aliphatic heterocycles. The monoisotopic (exact) mass is 301 g/mol. The van der Waals surface area contributed by atoms with Crippen LogP contribution in [0.15, 0.2) is 36.4 Å². The second-order valence-electron chi connectivity index (χ2n) is 6.40. The number of nitrogens with two attached hydrogens (primary N) is 1. The average Bonchev–Trinajstić information content (AvgIpc) is 2.80. The molecule has 0 atom stereocenters. The molecule has 0 radical (unpaired) electrons. The number of aryl methyl sites for hydroxylation is 1. The van der Waals surface area contributed by atoms with E-state index in [-0.39, 0.29) is 35.1 Å². The van der Waals surface area contributed by atoms with Gasteiger partial charge in [-0.05, 0) is 32.9 Å². The smallest absolute Gasteiger partial charge is 0.419 e. The van der Waals surface area contributed by atoms with E-state index < -0.39 is 0 Å². The molecule has 22 heavy (non-hydrogen) atoms. The number of nitrogens with zero attached hydrogens (tertiary/aromatic N) is 2. The Morgan fingerprint density at radius 1 is 1.14 bits per heavy atom. The summed E-state index contributed by atoms with van der Waals surface area (Å²) in [6.07, 6.45) is 0. The van der Waals surface area contributed by atoms with Gasteiger partial charge in [-0.1, -0.05) is 30.3 Å². The van der Waals surface area contributed by atoms with Gasteiger partial charge in [0.15, 0.2) is 0 Å². The fourth-order valence-corrected chi connectivity index (χ4v) is 2.69. The van der Waals surface area contributed by atoms with Gasteiger partial charge < -0.3 is 10.3 Å². The minimum atomic E-state index is -0.0817. The summed E-state index contributed by atoms with van der Waals surface area (Å²) in [4.78, 5) is 4.81. The van der Waals surface area contributed by atoms with E-state index in [2.05, 4.69) is 37.5 Å². The average molecular weight is 301 g/mol. The van der Waals surface area contributed by atoms with Crippen LogP contribution in [0.25, 0.3) is 22.4 Å². The number of anilines is 1. The van der Waals surface area contributed by atoms with E-state index in [9.17, 15) is 0 Å². The van der Waals surface area contributed by atoms with Crippen LogP contribution in [-0.4, -0.2) is 9.55 Å². The molecule has 0 spiro atoms. The van der Waals surface area contributed by atoms with Gasteiger partial charge in [-0.25, -0.2) is 4.98 Å². The zero-order chi connectivity index (χ0) is 15.2. The summed E-state index contributed by atoms with van der Waals surface area (Å²) >= 11 is 0. The van der Waals surface area contributed by atoms with Gasteiger partial charge >= 0.3 is 29.6 Å². The number of fused-ring (bicyclic) bond motifs is 1. The van der Waals surface area contributed by atoms with Gasteiger partial charge in [-0.15, -0.1) is 5.56 Å². The SMILES string of the molecule is Cc1c[c-]cc(-c2nc3ccccc3n2C(C)(C)C)c1N.[Na+]. The van der Waals surface area contributed by atoms with Gasteiger partial charge in [-0.2, -0.15) is 18.2 Å². The maximum absolute atomic E-state index is 6.28. The Balaban J connectivity index is 0.00000176. The maximum atomic E-state index is 6.28. The maximum Gasteiger partial charge on any atom is 1.00 e. The van der Waals surface area contributed by atoms with Gasteiger partial charge in [0.05, 0.1) is 16.9 Å². The largest absolute Gasteiger partial charge is 1.00 e. The van der Waals surface area contributed by atoms with Crippen molar-refractivity contribution in [3.05, 3.63) is 48.0 Å². The first-order valence-corrected chi connectivity index (χ1v) is 7.14. The van der Waals surface area contributed by atoms with Gasteiger partial charge in [0.1, 0.15) is 0 Å². The van der Waals surface area contributed by atoms with Crippen molar-refractivity contribution in [2.24, 2.45) is 0 Å². The fraction of sp³-hybridized carbons (Fsp3) is 0.278. The first-order chi connectivity index (χ1) is 9.89. The van der Waals surface area contributed by atoms with Gasteiger partial charge in [0.2, 0.25) is 0 Å². The molecule has 0 saturated carbocycles. The number of nitrogen functional groups attached to an aromatic ring is 1. The van der Waals surface area contributed by atoms with E-state index >= 15 is 0 Å². The van der Waals surface area contributed by atoms with Crippen LogP contribution in [0.3, 0.4) is 0 Å². The number of hydrogen-bond acceptors (Lipinski definition) is 2. The Kier molecular flexibility index (Phi) is 4.71.